The molecule has 21 heavy (non-hydrogen) atoms. The number of carboxylic acids is 1. The van der Waals surface area contributed by atoms with Crippen LogP contribution in [-0.2, 0) is 5.41 Å². The summed E-state index contributed by atoms with van der Waals surface area (Å²) in [5.41, 5.74) is 2.40. The van der Waals surface area contributed by atoms with Crippen molar-refractivity contribution in [1.82, 2.24) is 4.98 Å². The number of rotatable bonds is 2. The highest BCUT2D eigenvalue weighted by Crippen LogP contribution is 2.42. The number of nitrogens with one attached hydrogen (secondary N) is 1. The summed E-state index contributed by atoms with van der Waals surface area (Å²) < 4.78 is 0. The van der Waals surface area contributed by atoms with Gasteiger partial charge in [-0.2, -0.15) is 0 Å². The van der Waals surface area contributed by atoms with E-state index >= 15 is 0 Å². The molecule has 0 bridgehead atoms. The predicted octanol–water partition coefficient (Wildman–Crippen LogP) is 3.40. The highest BCUT2D eigenvalue weighted by Gasteiger charge is 2.27. The molecule has 1 heterocycles. The lowest BCUT2D eigenvalue weighted by atomic mass is 9.83. The Morgan fingerprint density at radius 2 is 1.90 bits per heavy atom. The van der Waals surface area contributed by atoms with Gasteiger partial charge in [-0.15, -0.1) is 0 Å². The van der Waals surface area contributed by atoms with E-state index in [0.717, 1.165) is 5.56 Å². The molecular formula is C17H19NO3. The molecule has 2 N–H and O–H groups in total. The van der Waals surface area contributed by atoms with Crippen LogP contribution in [0.25, 0.3) is 10.9 Å². The fourth-order valence-electron chi connectivity index (χ4n) is 2.73. The Morgan fingerprint density at radius 3 is 2.43 bits per heavy atom. The van der Waals surface area contributed by atoms with E-state index in [1.165, 1.54) is 24.5 Å². The van der Waals surface area contributed by atoms with Gasteiger partial charge in [0.1, 0.15) is 5.69 Å². The third-order valence-electron chi connectivity index (χ3n) is 4.05. The Balaban J connectivity index is 2.39. The number of hydrogen-bond acceptors (Lipinski definition) is 2. The van der Waals surface area contributed by atoms with Gasteiger partial charge in [0.2, 0.25) is 0 Å². The van der Waals surface area contributed by atoms with Gasteiger partial charge >= 0.3 is 5.97 Å². The van der Waals surface area contributed by atoms with Crippen molar-refractivity contribution in [2.45, 2.75) is 44.9 Å². The average Bonchev–Trinajstić information content (AvgIpc) is 3.20. The SMILES string of the molecule is CC(C)(C)c1cc(C2CC2)cc2c(=O)cc(C(=O)O)[nH]c12. The van der Waals surface area contributed by atoms with Crippen molar-refractivity contribution in [3.05, 3.63) is 45.2 Å². The number of aromatic amines is 1. The average molecular weight is 285 g/mol. The Bertz CT molecular complexity index is 792. The van der Waals surface area contributed by atoms with Crippen molar-refractivity contribution in [2.75, 3.05) is 0 Å². The Morgan fingerprint density at radius 1 is 1.24 bits per heavy atom. The van der Waals surface area contributed by atoms with Gasteiger partial charge in [-0.25, -0.2) is 4.79 Å². The van der Waals surface area contributed by atoms with Crippen molar-refractivity contribution >= 4 is 16.9 Å². The number of hydrogen-bond donors (Lipinski definition) is 2. The van der Waals surface area contributed by atoms with Crippen molar-refractivity contribution in [3.63, 3.8) is 0 Å². The molecule has 1 aromatic carbocycles. The third kappa shape index (κ3) is 2.46. The van der Waals surface area contributed by atoms with E-state index in [1.54, 1.807) is 0 Å². The summed E-state index contributed by atoms with van der Waals surface area (Å²) in [5.74, 6) is -0.561. The van der Waals surface area contributed by atoms with E-state index in [2.05, 4.69) is 31.8 Å². The Labute approximate surface area is 122 Å². The molecule has 1 fully saturated rings. The van der Waals surface area contributed by atoms with Crippen LogP contribution in [0.3, 0.4) is 0 Å². The predicted molar refractivity (Wildman–Crippen MR) is 82.2 cm³/mol. The number of carboxylic acid groups (broad SMARTS) is 1. The molecule has 1 aliphatic rings. The van der Waals surface area contributed by atoms with Crippen LogP contribution in [0.15, 0.2) is 23.0 Å². The van der Waals surface area contributed by atoms with E-state index in [9.17, 15) is 9.59 Å². The second-order valence-corrected chi connectivity index (χ2v) is 6.87. The quantitative estimate of drug-likeness (QED) is 0.888. The van der Waals surface area contributed by atoms with E-state index in [-0.39, 0.29) is 16.5 Å². The Kier molecular flexibility index (Phi) is 2.94. The molecule has 110 valence electrons. The van der Waals surface area contributed by atoms with Crippen LogP contribution >= 0.6 is 0 Å². The van der Waals surface area contributed by atoms with Gasteiger partial charge in [0.25, 0.3) is 0 Å². The first-order valence-corrected chi connectivity index (χ1v) is 7.22. The largest absolute Gasteiger partial charge is 0.477 e. The Hall–Kier alpha value is -2.10. The van der Waals surface area contributed by atoms with Crippen LogP contribution in [-0.4, -0.2) is 16.1 Å². The van der Waals surface area contributed by atoms with E-state index in [4.69, 9.17) is 5.11 Å². The first-order valence-electron chi connectivity index (χ1n) is 7.22. The zero-order chi connectivity index (χ0) is 15.4. The maximum absolute atomic E-state index is 12.3. The van der Waals surface area contributed by atoms with Gasteiger partial charge in [0, 0.05) is 11.5 Å². The maximum Gasteiger partial charge on any atom is 0.352 e. The van der Waals surface area contributed by atoms with Gasteiger partial charge in [0.05, 0.1) is 5.52 Å². The molecular weight excluding hydrogens is 266 g/mol. The van der Waals surface area contributed by atoms with Gasteiger partial charge in [-0.1, -0.05) is 26.8 Å². The normalized spacial score (nSPS) is 15.4. The fraction of sp³-hybridized carbons (Fsp3) is 0.412. The van der Waals surface area contributed by atoms with Crippen LogP contribution in [0.4, 0.5) is 0 Å². The van der Waals surface area contributed by atoms with Crippen LogP contribution < -0.4 is 5.43 Å². The summed E-state index contributed by atoms with van der Waals surface area (Å²) in [7, 11) is 0. The monoisotopic (exact) mass is 285 g/mol. The highest BCUT2D eigenvalue weighted by molar-refractivity contribution is 5.91. The summed E-state index contributed by atoms with van der Waals surface area (Å²) in [6, 6.07) is 5.22. The molecule has 0 spiro atoms. The molecule has 1 saturated carbocycles. The van der Waals surface area contributed by atoms with E-state index in [0.29, 0.717) is 16.8 Å². The number of carbonyl (C=O) groups is 1. The van der Waals surface area contributed by atoms with E-state index < -0.39 is 5.97 Å². The number of H-pyrrole nitrogens is 1. The number of fused-ring (bicyclic) bond motifs is 1. The topological polar surface area (TPSA) is 70.2 Å². The third-order valence-corrected chi connectivity index (χ3v) is 4.05. The van der Waals surface area contributed by atoms with Crippen LogP contribution in [0.5, 0.6) is 0 Å². The number of aromatic nitrogens is 1. The number of pyridine rings is 1. The second kappa shape index (κ2) is 4.45. The molecule has 1 aliphatic carbocycles. The molecule has 1 aromatic heterocycles. The molecule has 0 radical (unpaired) electrons. The zero-order valence-corrected chi connectivity index (χ0v) is 12.5. The van der Waals surface area contributed by atoms with Crippen LogP contribution in [0, 0.1) is 0 Å². The molecule has 4 nitrogen and oxygen atoms in total. The van der Waals surface area contributed by atoms with Crippen molar-refractivity contribution in [2.24, 2.45) is 0 Å². The molecule has 0 unspecified atom stereocenters. The zero-order valence-electron chi connectivity index (χ0n) is 12.5. The smallest absolute Gasteiger partial charge is 0.352 e. The van der Waals surface area contributed by atoms with Crippen LogP contribution in [0.2, 0.25) is 0 Å². The second-order valence-electron chi connectivity index (χ2n) is 6.87. The lowest BCUT2D eigenvalue weighted by Gasteiger charge is -2.22. The van der Waals surface area contributed by atoms with E-state index in [1.807, 2.05) is 6.07 Å². The minimum atomic E-state index is -1.11. The summed E-state index contributed by atoms with van der Waals surface area (Å²) in [6.45, 7) is 6.22. The highest BCUT2D eigenvalue weighted by atomic mass is 16.4. The molecule has 0 atom stereocenters. The number of aromatic carboxylic acids is 1. The lowest BCUT2D eigenvalue weighted by Crippen LogP contribution is -2.17. The number of benzene rings is 1. The van der Waals surface area contributed by atoms with Gasteiger partial charge < -0.3 is 10.1 Å². The molecule has 2 aromatic rings. The molecule has 4 heteroatoms. The first-order chi connectivity index (χ1) is 9.77. The molecule has 0 saturated heterocycles. The van der Waals surface area contributed by atoms with Gasteiger partial charge in [0.15, 0.2) is 5.43 Å². The molecule has 0 aliphatic heterocycles. The maximum atomic E-state index is 12.3. The summed E-state index contributed by atoms with van der Waals surface area (Å²) in [4.78, 5) is 26.4. The fourth-order valence-corrected chi connectivity index (χ4v) is 2.73. The lowest BCUT2D eigenvalue weighted by molar-refractivity contribution is 0.0691. The standard InChI is InChI=1S/C17H19NO3/c1-17(2,3)12-7-10(9-4-5-9)6-11-14(19)8-13(16(20)21)18-15(11)12/h6-9H,4-5H2,1-3H3,(H,18,19)(H,20,21). The van der Waals surface area contributed by atoms with Crippen LogP contribution in [0.1, 0.15) is 61.1 Å². The summed E-state index contributed by atoms with van der Waals surface area (Å²) in [5, 5.41) is 9.74. The molecule has 3 rings (SSSR count). The van der Waals surface area contributed by atoms with Gasteiger partial charge in [-0.3, -0.25) is 4.79 Å². The van der Waals surface area contributed by atoms with Crippen molar-refractivity contribution < 1.29 is 9.90 Å². The minimum absolute atomic E-state index is 0.0582. The summed E-state index contributed by atoms with van der Waals surface area (Å²) >= 11 is 0. The van der Waals surface area contributed by atoms with Gasteiger partial charge in [-0.05, 0) is 41.4 Å². The first kappa shape index (κ1) is 13.9. The van der Waals surface area contributed by atoms with Crippen molar-refractivity contribution in [3.8, 4) is 0 Å². The minimum Gasteiger partial charge on any atom is -0.477 e. The van der Waals surface area contributed by atoms with Crippen molar-refractivity contribution in [1.29, 1.82) is 0 Å². The summed E-state index contributed by atoms with van der Waals surface area (Å²) in [6.07, 6.45) is 2.33. The molecule has 0 amide bonds.